The zero-order chi connectivity index (χ0) is 9.42. The molecule has 2 rings (SSSR count). The van der Waals surface area contributed by atoms with Crippen LogP contribution in [0.2, 0.25) is 0 Å². The summed E-state index contributed by atoms with van der Waals surface area (Å²) >= 11 is 0. The first-order chi connectivity index (χ1) is 6.20. The van der Waals surface area contributed by atoms with Crippen LogP contribution in [-0.4, -0.2) is 6.61 Å². The summed E-state index contributed by atoms with van der Waals surface area (Å²) in [7, 11) is 0. The molecule has 2 N–H and O–H groups in total. The Balaban J connectivity index is 2.56. The number of nitrogens with two attached hydrogens (primary N) is 1. The lowest BCUT2D eigenvalue weighted by atomic mass is 10.0. The molecule has 1 aromatic carbocycles. The molecule has 0 amide bonds. The fourth-order valence-electron chi connectivity index (χ4n) is 1.43. The van der Waals surface area contributed by atoms with Gasteiger partial charge in [-0.25, -0.2) is 4.39 Å². The highest BCUT2D eigenvalue weighted by Gasteiger charge is 2.23. The average Bonchev–Trinajstić information content (AvgIpc) is 2.12. The molecule has 0 aliphatic carbocycles. The van der Waals surface area contributed by atoms with Gasteiger partial charge in [-0.1, -0.05) is 6.07 Å². The van der Waals surface area contributed by atoms with E-state index in [9.17, 15) is 8.78 Å². The molecule has 1 atom stereocenters. The number of hydrogen-bond acceptors (Lipinski definition) is 2. The van der Waals surface area contributed by atoms with Crippen LogP contribution in [0.1, 0.15) is 18.0 Å². The lowest BCUT2D eigenvalue weighted by Gasteiger charge is -2.23. The SMILES string of the molecule is N[C@@H]1CCOc2c1ccc(F)c2F. The van der Waals surface area contributed by atoms with E-state index in [-0.39, 0.29) is 11.8 Å². The second-order valence-electron chi connectivity index (χ2n) is 3.02. The van der Waals surface area contributed by atoms with E-state index in [0.29, 0.717) is 18.6 Å². The largest absolute Gasteiger partial charge is 0.490 e. The maximum absolute atomic E-state index is 13.1. The first-order valence-electron chi connectivity index (χ1n) is 4.06. The Kier molecular flexibility index (Phi) is 1.92. The minimum atomic E-state index is -0.937. The van der Waals surface area contributed by atoms with Crippen molar-refractivity contribution in [3.8, 4) is 5.75 Å². The van der Waals surface area contributed by atoms with Gasteiger partial charge in [-0.05, 0) is 6.07 Å². The Morgan fingerprint density at radius 2 is 2.15 bits per heavy atom. The van der Waals surface area contributed by atoms with Crippen molar-refractivity contribution in [2.75, 3.05) is 6.61 Å². The summed E-state index contributed by atoms with van der Waals surface area (Å²) in [6, 6.07) is 2.29. The first kappa shape index (κ1) is 8.44. The van der Waals surface area contributed by atoms with Crippen molar-refractivity contribution in [3.63, 3.8) is 0 Å². The van der Waals surface area contributed by atoms with Crippen molar-refractivity contribution in [1.82, 2.24) is 0 Å². The van der Waals surface area contributed by atoms with E-state index in [1.807, 2.05) is 0 Å². The minimum Gasteiger partial charge on any atom is -0.490 e. The van der Waals surface area contributed by atoms with E-state index in [1.54, 1.807) is 0 Å². The maximum atomic E-state index is 13.1. The van der Waals surface area contributed by atoms with E-state index in [1.165, 1.54) is 6.07 Å². The van der Waals surface area contributed by atoms with E-state index in [2.05, 4.69) is 0 Å². The predicted molar refractivity (Wildman–Crippen MR) is 43.4 cm³/mol. The van der Waals surface area contributed by atoms with Crippen LogP contribution in [0, 0.1) is 11.6 Å². The van der Waals surface area contributed by atoms with Gasteiger partial charge in [-0.2, -0.15) is 4.39 Å². The molecule has 2 nitrogen and oxygen atoms in total. The highest BCUT2D eigenvalue weighted by Crippen LogP contribution is 2.33. The summed E-state index contributed by atoms with van der Waals surface area (Å²) in [6.45, 7) is 0.342. The molecule has 0 saturated heterocycles. The van der Waals surface area contributed by atoms with Gasteiger partial charge in [-0.15, -0.1) is 0 Å². The summed E-state index contributed by atoms with van der Waals surface area (Å²) in [4.78, 5) is 0. The van der Waals surface area contributed by atoms with Crippen molar-refractivity contribution in [2.45, 2.75) is 12.5 Å². The summed E-state index contributed by atoms with van der Waals surface area (Å²) in [5.74, 6) is -1.86. The van der Waals surface area contributed by atoms with Gasteiger partial charge in [0, 0.05) is 18.0 Å². The minimum absolute atomic E-state index is 0.0289. The zero-order valence-electron chi connectivity index (χ0n) is 6.89. The standard InChI is InChI=1S/C9H9F2NO/c10-6-2-1-5-7(12)3-4-13-9(5)8(6)11/h1-2,7H,3-4,12H2/t7-/m1/s1. The van der Waals surface area contributed by atoms with E-state index in [4.69, 9.17) is 10.5 Å². The smallest absolute Gasteiger partial charge is 0.200 e. The van der Waals surface area contributed by atoms with Crippen molar-refractivity contribution in [2.24, 2.45) is 5.73 Å². The van der Waals surface area contributed by atoms with Crippen LogP contribution in [-0.2, 0) is 0 Å². The molecule has 1 aliphatic rings. The van der Waals surface area contributed by atoms with E-state index >= 15 is 0 Å². The van der Waals surface area contributed by atoms with Crippen LogP contribution in [0.15, 0.2) is 12.1 Å². The molecule has 0 spiro atoms. The van der Waals surface area contributed by atoms with Crippen LogP contribution >= 0.6 is 0 Å². The Morgan fingerprint density at radius 3 is 2.92 bits per heavy atom. The summed E-state index contributed by atoms with van der Waals surface area (Å²) in [6.07, 6.45) is 0.637. The van der Waals surface area contributed by atoms with Crippen molar-refractivity contribution in [1.29, 1.82) is 0 Å². The molecule has 13 heavy (non-hydrogen) atoms. The molecule has 1 aromatic rings. The first-order valence-corrected chi connectivity index (χ1v) is 4.06. The molecule has 0 fully saturated rings. The van der Waals surface area contributed by atoms with Gasteiger partial charge in [-0.3, -0.25) is 0 Å². The molecule has 0 radical (unpaired) electrons. The van der Waals surface area contributed by atoms with Crippen LogP contribution in [0.5, 0.6) is 5.75 Å². The summed E-state index contributed by atoms with van der Waals surface area (Å²) in [5.41, 5.74) is 6.24. The Labute approximate surface area is 74.3 Å². The number of ether oxygens (including phenoxy) is 1. The highest BCUT2D eigenvalue weighted by molar-refractivity contribution is 5.39. The van der Waals surface area contributed by atoms with Gasteiger partial charge < -0.3 is 10.5 Å². The zero-order valence-corrected chi connectivity index (χ0v) is 6.89. The van der Waals surface area contributed by atoms with Gasteiger partial charge in [0.2, 0.25) is 5.82 Å². The molecular formula is C9H9F2NO. The van der Waals surface area contributed by atoms with Crippen LogP contribution in [0.25, 0.3) is 0 Å². The van der Waals surface area contributed by atoms with Crippen LogP contribution in [0.3, 0.4) is 0 Å². The monoisotopic (exact) mass is 185 g/mol. The lowest BCUT2D eigenvalue weighted by Crippen LogP contribution is -2.21. The summed E-state index contributed by atoms with van der Waals surface area (Å²) in [5, 5.41) is 0. The maximum Gasteiger partial charge on any atom is 0.200 e. The van der Waals surface area contributed by atoms with Crippen LogP contribution < -0.4 is 10.5 Å². The lowest BCUT2D eigenvalue weighted by molar-refractivity contribution is 0.251. The fourth-order valence-corrected chi connectivity index (χ4v) is 1.43. The van der Waals surface area contributed by atoms with Gasteiger partial charge in [0.05, 0.1) is 6.61 Å². The topological polar surface area (TPSA) is 35.2 Å². The molecule has 1 heterocycles. The number of halogens is 2. The Hall–Kier alpha value is -1.16. The molecule has 4 heteroatoms. The van der Waals surface area contributed by atoms with E-state index in [0.717, 1.165) is 6.07 Å². The molecular weight excluding hydrogens is 176 g/mol. The Bertz CT molecular complexity index is 341. The molecule has 0 bridgehead atoms. The van der Waals surface area contributed by atoms with Crippen molar-refractivity contribution >= 4 is 0 Å². The fraction of sp³-hybridized carbons (Fsp3) is 0.333. The second kappa shape index (κ2) is 2.96. The number of hydrogen-bond donors (Lipinski definition) is 1. The molecule has 0 saturated carbocycles. The number of rotatable bonds is 0. The normalized spacial score (nSPS) is 20.7. The van der Waals surface area contributed by atoms with Gasteiger partial charge in [0.25, 0.3) is 0 Å². The number of benzene rings is 1. The second-order valence-corrected chi connectivity index (χ2v) is 3.02. The Morgan fingerprint density at radius 1 is 1.38 bits per heavy atom. The van der Waals surface area contributed by atoms with Crippen LogP contribution in [0.4, 0.5) is 8.78 Å². The third-order valence-corrected chi connectivity index (χ3v) is 2.16. The number of fused-ring (bicyclic) bond motifs is 1. The predicted octanol–water partition coefficient (Wildman–Crippen LogP) is 1.75. The van der Waals surface area contributed by atoms with Crippen molar-refractivity contribution < 1.29 is 13.5 Å². The molecule has 0 unspecified atom stereocenters. The van der Waals surface area contributed by atoms with Crippen molar-refractivity contribution in [3.05, 3.63) is 29.3 Å². The van der Waals surface area contributed by atoms with Gasteiger partial charge in [0.15, 0.2) is 11.6 Å². The van der Waals surface area contributed by atoms with E-state index < -0.39 is 11.6 Å². The summed E-state index contributed by atoms with van der Waals surface area (Å²) < 4.78 is 30.8. The quantitative estimate of drug-likeness (QED) is 0.668. The molecule has 1 aliphatic heterocycles. The highest BCUT2D eigenvalue weighted by atomic mass is 19.2. The molecule has 0 aromatic heterocycles. The van der Waals surface area contributed by atoms with Gasteiger partial charge in [0.1, 0.15) is 0 Å². The van der Waals surface area contributed by atoms with Gasteiger partial charge >= 0.3 is 0 Å². The average molecular weight is 185 g/mol. The third kappa shape index (κ3) is 1.27. The molecule has 70 valence electrons. The third-order valence-electron chi connectivity index (χ3n) is 2.16.